The summed E-state index contributed by atoms with van der Waals surface area (Å²) in [6.45, 7) is 1.04. The minimum atomic E-state index is 0.496. The highest BCUT2D eigenvalue weighted by Gasteiger charge is 2.11. The Labute approximate surface area is 151 Å². The molecule has 0 N–H and O–H groups in total. The van der Waals surface area contributed by atoms with Gasteiger partial charge in [-0.3, -0.25) is 0 Å². The Bertz CT molecular complexity index is 1010. The van der Waals surface area contributed by atoms with Crippen molar-refractivity contribution in [1.82, 2.24) is 9.97 Å². The van der Waals surface area contributed by atoms with Crippen molar-refractivity contribution in [3.63, 3.8) is 0 Å². The zero-order chi connectivity index (χ0) is 17.8. The second kappa shape index (κ2) is 7.37. The van der Waals surface area contributed by atoms with E-state index in [0.29, 0.717) is 30.3 Å². The van der Waals surface area contributed by atoms with Crippen LogP contribution in [0.25, 0.3) is 33.8 Å². The van der Waals surface area contributed by atoms with Gasteiger partial charge in [0, 0.05) is 24.4 Å². The molecule has 0 unspecified atom stereocenters. The van der Waals surface area contributed by atoms with Crippen molar-refractivity contribution in [2.75, 3.05) is 20.3 Å². The Hall–Kier alpha value is -3.18. The molecule has 0 fully saturated rings. The monoisotopic (exact) mass is 346 g/mol. The predicted molar refractivity (Wildman–Crippen MR) is 100 cm³/mol. The van der Waals surface area contributed by atoms with E-state index in [1.807, 2.05) is 66.9 Å². The zero-order valence-corrected chi connectivity index (χ0v) is 14.4. The van der Waals surface area contributed by atoms with Crippen LogP contribution in [0, 0.1) is 0 Å². The quantitative estimate of drug-likeness (QED) is 0.478. The van der Waals surface area contributed by atoms with Gasteiger partial charge in [0.25, 0.3) is 0 Å². The first-order valence-electron chi connectivity index (χ1n) is 8.38. The van der Waals surface area contributed by atoms with Crippen molar-refractivity contribution < 1.29 is 13.9 Å². The molecule has 130 valence electrons. The summed E-state index contributed by atoms with van der Waals surface area (Å²) in [7, 11) is 1.65. The molecular formula is C21H18N2O3. The molecule has 0 bridgehead atoms. The average Bonchev–Trinajstić information content (AvgIpc) is 3.12. The second-order valence-corrected chi connectivity index (χ2v) is 5.80. The normalized spacial score (nSPS) is 11.0. The lowest BCUT2D eigenvalue weighted by atomic mass is 10.1. The second-order valence-electron chi connectivity index (χ2n) is 5.80. The fraction of sp³-hybridized carbons (Fsp3) is 0.143. The Morgan fingerprint density at radius 3 is 2.58 bits per heavy atom. The summed E-state index contributed by atoms with van der Waals surface area (Å²) in [5.41, 5.74) is 4.18. The third-order valence-corrected chi connectivity index (χ3v) is 3.99. The third kappa shape index (κ3) is 3.43. The van der Waals surface area contributed by atoms with Gasteiger partial charge in [0.1, 0.15) is 12.4 Å². The fourth-order valence-electron chi connectivity index (χ4n) is 2.69. The topological polar surface area (TPSA) is 57.4 Å². The maximum Gasteiger partial charge on any atom is 0.229 e. The number of rotatable bonds is 6. The summed E-state index contributed by atoms with van der Waals surface area (Å²) >= 11 is 0. The van der Waals surface area contributed by atoms with E-state index in [-0.39, 0.29) is 0 Å². The molecule has 4 aromatic rings. The summed E-state index contributed by atoms with van der Waals surface area (Å²) in [5, 5.41) is 0. The van der Waals surface area contributed by atoms with Gasteiger partial charge in [0.2, 0.25) is 5.89 Å². The van der Waals surface area contributed by atoms with Crippen LogP contribution in [-0.4, -0.2) is 30.3 Å². The highest BCUT2D eigenvalue weighted by molar-refractivity contribution is 5.78. The van der Waals surface area contributed by atoms with Crippen LogP contribution in [0.3, 0.4) is 0 Å². The Kier molecular flexibility index (Phi) is 4.62. The van der Waals surface area contributed by atoms with Gasteiger partial charge in [-0.15, -0.1) is 0 Å². The third-order valence-electron chi connectivity index (χ3n) is 3.99. The van der Waals surface area contributed by atoms with Gasteiger partial charge in [0.15, 0.2) is 11.2 Å². The number of hydrogen-bond donors (Lipinski definition) is 0. The highest BCUT2D eigenvalue weighted by atomic mass is 16.5. The first-order valence-corrected chi connectivity index (χ1v) is 8.38. The SMILES string of the molecule is COCCOc1cccc(-c2nc3ncc(-c4ccccc4)cc3o2)c1. The standard InChI is InChI=1S/C21H18N2O3/c1-24-10-11-25-18-9-5-8-16(12-18)21-23-20-19(26-21)13-17(14-22-20)15-6-3-2-4-7-15/h2-9,12-14H,10-11H2,1H3. The van der Waals surface area contributed by atoms with Crippen LogP contribution < -0.4 is 4.74 Å². The number of oxazole rings is 1. The molecule has 26 heavy (non-hydrogen) atoms. The largest absolute Gasteiger partial charge is 0.491 e. The Balaban J connectivity index is 1.64. The minimum Gasteiger partial charge on any atom is -0.491 e. The molecule has 0 atom stereocenters. The molecule has 0 spiro atoms. The highest BCUT2D eigenvalue weighted by Crippen LogP contribution is 2.28. The number of methoxy groups -OCH3 is 1. The maximum atomic E-state index is 5.94. The summed E-state index contributed by atoms with van der Waals surface area (Å²) in [5.74, 6) is 1.27. The molecule has 0 aliphatic carbocycles. The molecular weight excluding hydrogens is 328 g/mol. The van der Waals surface area contributed by atoms with Gasteiger partial charge in [0.05, 0.1) is 6.61 Å². The number of aromatic nitrogens is 2. The van der Waals surface area contributed by atoms with E-state index in [1.54, 1.807) is 7.11 Å². The van der Waals surface area contributed by atoms with Crippen LogP contribution in [0.1, 0.15) is 0 Å². The van der Waals surface area contributed by atoms with Crippen molar-refractivity contribution in [3.05, 3.63) is 66.9 Å². The summed E-state index contributed by atoms with van der Waals surface area (Å²) < 4.78 is 16.6. The molecule has 4 rings (SSSR count). The van der Waals surface area contributed by atoms with Gasteiger partial charge < -0.3 is 13.9 Å². The molecule has 0 aliphatic rings. The summed E-state index contributed by atoms with van der Waals surface area (Å²) in [6.07, 6.45) is 1.81. The van der Waals surface area contributed by atoms with Crippen LogP contribution in [0.15, 0.2) is 71.3 Å². The van der Waals surface area contributed by atoms with Crippen LogP contribution in [0.4, 0.5) is 0 Å². The lowest BCUT2D eigenvalue weighted by Gasteiger charge is -2.05. The van der Waals surface area contributed by atoms with E-state index >= 15 is 0 Å². The molecule has 0 amide bonds. The number of benzene rings is 2. The van der Waals surface area contributed by atoms with Gasteiger partial charge in [-0.2, -0.15) is 4.98 Å². The summed E-state index contributed by atoms with van der Waals surface area (Å²) in [6, 6.07) is 19.7. The molecule has 5 nitrogen and oxygen atoms in total. The molecule has 2 aromatic carbocycles. The van der Waals surface area contributed by atoms with E-state index in [0.717, 1.165) is 22.4 Å². The average molecular weight is 346 g/mol. The molecule has 2 aromatic heterocycles. The zero-order valence-electron chi connectivity index (χ0n) is 14.4. The van der Waals surface area contributed by atoms with Crippen LogP contribution in [-0.2, 0) is 4.74 Å². The van der Waals surface area contributed by atoms with Gasteiger partial charge in [-0.05, 0) is 29.8 Å². The number of ether oxygens (including phenoxy) is 2. The molecule has 0 radical (unpaired) electrons. The molecule has 5 heteroatoms. The molecule has 0 aliphatic heterocycles. The van der Waals surface area contributed by atoms with Crippen molar-refractivity contribution in [1.29, 1.82) is 0 Å². The predicted octanol–water partition coefficient (Wildman–Crippen LogP) is 4.58. The van der Waals surface area contributed by atoms with Crippen molar-refractivity contribution >= 4 is 11.2 Å². The van der Waals surface area contributed by atoms with E-state index in [2.05, 4.69) is 9.97 Å². The smallest absolute Gasteiger partial charge is 0.229 e. The van der Waals surface area contributed by atoms with Gasteiger partial charge in [-0.1, -0.05) is 36.4 Å². The number of hydrogen-bond acceptors (Lipinski definition) is 5. The number of pyridine rings is 1. The van der Waals surface area contributed by atoms with E-state index in [4.69, 9.17) is 13.9 Å². The van der Waals surface area contributed by atoms with Crippen molar-refractivity contribution in [2.24, 2.45) is 0 Å². The first kappa shape index (κ1) is 16.3. The lowest BCUT2D eigenvalue weighted by Crippen LogP contribution is -2.04. The summed E-state index contributed by atoms with van der Waals surface area (Å²) in [4.78, 5) is 8.93. The van der Waals surface area contributed by atoms with Gasteiger partial charge in [-0.25, -0.2) is 4.98 Å². The fourth-order valence-corrected chi connectivity index (χ4v) is 2.69. The Morgan fingerprint density at radius 1 is 0.885 bits per heavy atom. The number of nitrogens with zero attached hydrogens (tertiary/aromatic N) is 2. The molecule has 0 saturated heterocycles. The van der Waals surface area contributed by atoms with Crippen LogP contribution in [0.5, 0.6) is 5.75 Å². The minimum absolute atomic E-state index is 0.496. The van der Waals surface area contributed by atoms with Gasteiger partial charge >= 0.3 is 0 Å². The Morgan fingerprint density at radius 2 is 1.73 bits per heavy atom. The molecule has 2 heterocycles. The number of fused-ring (bicyclic) bond motifs is 1. The van der Waals surface area contributed by atoms with Crippen molar-refractivity contribution in [3.8, 4) is 28.3 Å². The maximum absolute atomic E-state index is 5.94. The van der Waals surface area contributed by atoms with E-state index in [9.17, 15) is 0 Å². The van der Waals surface area contributed by atoms with E-state index < -0.39 is 0 Å². The van der Waals surface area contributed by atoms with Crippen LogP contribution >= 0.6 is 0 Å². The molecule has 0 saturated carbocycles. The first-order chi connectivity index (χ1) is 12.8. The lowest BCUT2D eigenvalue weighted by molar-refractivity contribution is 0.146. The van der Waals surface area contributed by atoms with E-state index in [1.165, 1.54) is 0 Å². The van der Waals surface area contributed by atoms with Crippen LogP contribution in [0.2, 0.25) is 0 Å². The van der Waals surface area contributed by atoms with Crippen molar-refractivity contribution in [2.45, 2.75) is 0 Å².